The summed E-state index contributed by atoms with van der Waals surface area (Å²) in [5.74, 6) is -0.239. The van der Waals surface area contributed by atoms with Gasteiger partial charge in [0, 0.05) is 23.9 Å². The fourth-order valence-corrected chi connectivity index (χ4v) is 3.98. The van der Waals surface area contributed by atoms with Crippen LogP contribution in [0.1, 0.15) is 6.42 Å². The molecule has 24 heavy (non-hydrogen) atoms. The molecule has 0 N–H and O–H groups in total. The van der Waals surface area contributed by atoms with Crippen LogP contribution in [0.4, 0.5) is 13.8 Å². The molecule has 2 aromatic heterocycles. The third kappa shape index (κ3) is 5.02. The largest absolute Gasteiger partial charge is 0.299 e. The number of hydrogen-bond donors (Lipinski definition) is 0. The standard InChI is InChI=1S/C14H13Cl2F2N3OS2/c15-8-23-4-1-11(22)21(3-2-17)14-12(16)20-13(24-14)9-5-10(18)7-19-6-9/h5-7H,1-4,8H2. The van der Waals surface area contributed by atoms with Crippen LogP contribution < -0.4 is 4.90 Å². The van der Waals surface area contributed by atoms with Gasteiger partial charge in [-0.2, -0.15) is 0 Å². The molecule has 0 aliphatic carbocycles. The molecule has 0 radical (unpaired) electrons. The third-order valence-corrected chi connectivity index (χ3v) is 5.53. The summed E-state index contributed by atoms with van der Waals surface area (Å²) in [5, 5.41) is 1.21. The molecule has 0 aliphatic rings. The van der Waals surface area contributed by atoms with Crippen LogP contribution in [0, 0.1) is 5.82 Å². The van der Waals surface area contributed by atoms with Crippen molar-refractivity contribution in [1.29, 1.82) is 0 Å². The van der Waals surface area contributed by atoms with Gasteiger partial charge in [0.2, 0.25) is 5.91 Å². The van der Waals surface area contributed by atoms with E-state index < -0.39 is 12.5 Å². The van der Waals surface area contributed by atoms with E-state index in [2.05, 4.69) is 9.97 Å². The first-order valence-electron chi connectivity index (χ1n) is 6.84. The molecule has 10 heteroatoms. The Morgan fingerprint density at radius 3 is 2.88 bits per heavy atom. The predicted molar refractivity (Wildman–Crippen MR) is 96.4 cm³/mol. The maximum absolute atomic E-state index is 13.3. The molecule has 0 aromatic carbocycles. The molecule has 2 rings (SSSR count). The first-order valence-corrected chi connectivity index (χ1v) is 9.72. The zero-order chi connectivity index (χ0) is 17.5. The number of anilines is 1. The Bertz CT molecular complexity index is 702. The lowest BCUT2D eigenvalue weighted by molar-refractivity contribution is -0.118. The summed E-state index contributed by atoms with van der Waals surface area (Å²) in [7, 11) is 0. The van der Waals surface area contributed by atoms with Gasteiger partial charge in [-0.3, -0.25) is 14.7 Å². The van der Waals surface area contributed by atoms with Gasteiger partial charge in [-0.1, -0.05) is 22.9 Å². The van der Waals surface area contributed by atoms with E-state index in [0.717, 1.165) is 17.5 Å². The van der Waals surface area contributed by atoms with Crippen molar-refractivity contribution in [2.45, 2.75) is 6.42 Å². The van der Waals surface area contributed by atoms with Crippen molar-refractivity contribution in [2.75, 3.05) is 29.1 Å². The quantitative estimate of drug-likeness (QED) is 0.469. The van der Waals surface area contributed by atoms with Gasteiger partial charge in [-0.15, -0.1) is 23.4 Å². The molecular formula is C14H13Cl2F2N3OS2. The highest BCUT2D eigenvalue weighted by molar-refractivity contribution is 8.00. The summed E-state index contributed by atoms with van der Waals surface area (Å²) >= 11 is 14.2. The van der Waals surface area contributed by atoms with Crippen molar-refractivity contribution in [3.05, 3.63) is 29.4 Å². The van der Waals surface area contributed by atoms with Crippen LogP contribution in [-0.2, 0) is 4.79 Å². The summed E-state index contributed by atoms with van der Waals surface area (Å²) in [5.41, 5.74) is 0.443. The van der Waals surface area contributed by atoms with E-state index in [1.54, 1.807) is 0 Å². The molecule has 0 bridgehead atoms. The number of amides is 1. The number of nitrogens with zero attached hydrogens (tertiary/aromatic N) is 3. The zero-order valence-electron chi connectivity index (χ0n) is 12.3. The summed E-state index contributed by atoms with van der Waals surface area (Å²) < 4.78 is 26.1. The number of aromatic nitrogens is 2. The number of alkyl halides is 2. The SMILES string of the molecule is O=C(CCSCCl)N(CCF)c1sc(-c2cncc(F)c2)nc1Cl. The minimum atomic E-state index is -0.709. The zero-order valence-corrected chi connectivity index (χ0v) is 15.5. The molecule has 0 atom stereocenters. The molecule has 2 heterocycles. The van der Waals surface area contributed by atoms with Gasteiger partial charge in [0.25, 0.3) is 0 Å². The minimum Gasteiger partial charge on any atom is -0.299 e. The van der Waals surface area contributed by atoms with E-state index >= 15 is 0 Å². The second-order valence-electron chi connectivity index (χ2n) is 4.51. The maximum Gasteiger partial charge on any atom is 0.228 e. The molecule has 0 spiro atoms. The highest BCUT2D eigenvalue weighted by atomic mass is 35.5. The maximum atomic E-state index is 13.3. The Morgan fingerprint density at radius 2 is 2.21 bits per heavy atom. The van der Waals surface area contributed by atoms with Crippen molar-refractivity contribution in [2.24, 2.45) is 0 Å². The molecule has 130 valence electrons. The van der Waals surface area contributed by atoms with Crippen molar-refractivity contribution in [3.8, 4) is 10.6 Å². The Morgan fingerprint density at radius 1 is 1.42 bits per heavy atom. The number of rotatable bonds is 8. The van der Waals surface area contributed by atoms with Crippen LogP contribution in [0.3, 0.4) is 0 Å². The predicted octanol–water partition coefficient (Wildman–Crippen LogP) is 4.62. The first-order chi connectivity index (χ1) is 11.6. The number of carbonyl (C=O) groups excluding carboxylic acids is 1. The smallest absolute Gasteiger partial charge is 0.228 e. The lowest BCUT2D eigenvalue weighted by Gasteiger charge is -2.19. The third-order valence-electron chi connectivity index (χ3n) is 2.91. The van der Waals surface area contributed by atoms with Crippen LogP contribution in [0.2, 0.25) is 5.15 Å². The van der Waals surface area contributed by atoms with Crippen LogP contribution in [0.5, 0.6) is 0 Å². The van der Waals surface area contributed by atoms with Crippen LogP contribution in [-0.4, -0.2) is 40.1 Å². The second kappa shape index (κ2) is 9.50. The Labute approximate surface area is 156 Å². The van der Waals surface area contributed by atoms with Crippen molar-refractivity contribution in [1.82, 2.24) is 9.97 Å². The molecule has 2 aromatic rings. The fourth-order valence-electron chi connectivity index (χ4n) is 1.89. The Balaban J connectivity index is 2.25. The van der Waals surface area contributed by atoms with E-state index in [1.807, 2.05) is 0 Å². The monoisotopic (exact) mass is 411 g/mol. The van der Waals surface area contributed by atoms with Crippen molar-refractivity contribution >= 4 is 57.2 Å². The molecule has 0 aliphatic heterocycles. The molecule has 0 saturated heterocycles. The average molecular weight is 412 g/mol. The Kier molecular flexibility index (Phi) is 7.67. The lowest BCUT2D eigenvalue weighted by atomic mass is 10.3. The highest BCUT2D eigenvalue weighted by Crippen LogP contribution is 2.38. The van der Waals surface area contributed by atoms with Gasteiger partial charge >= 0.3 is 0 Å². The molecule has 1 amide bonds. The van der Waals surface area contributed by atoms with Crippen molar-refractivity contribution in [3.63, 3.8) is 0 Å². The number of thioether (sulfide) groups is 1. The van der Waals surface area contributed by atoms with E-state index in [0.29, 0.717) is 26.5 Å². The van der Waals surface area contributed by atoms with Crippen LogP contribution >= 0.6 is 46.3 Å². The van der Waals surface area contributed by atoms with Crippen molar-refractivity contribution < 1.29 is 13.6 Å². The average Bonchev–Trinajstić information content (AvgIpc) is 2.94. The molecular weight excluding hydrogens is 399 g/mol. The van der Waals surface area contributed by atoms with Gasteiger partial charge in [0.05, 0.1) is 18.0 Å². The van der Waals surface area contributed by atoms with Crippen LogP contribution in [0.25, 0.3) is 10.6 Å². The molecule has 0 unspecified atom stereocenters. The lowest BCUT2D eigenvalue weighted by Crippen LogP contribution is -2.32. The normalized spacial score (nSPS) is 10.8. The van der Waals surface area contributed by atoms with Crippen LogP contribution in [0.15, 0.2) is 18.5 Å². The van der Waals surface area contributed by atoms with E-state index in [9.17, 15) is 13.6 Å². The number of pyridine rings is 1. The second-order valence-corrected chi connectivity index (χ2v) is 7.53. The van der Waals surface area contributed by atoms with Gasteiger partial charge < -0.3 is 0 Å². The van der Waals surface area contributed by atoms with Gasteiger partial charge in [-0.25, -0.2) is 13.8 Å². The van der Waals surface area contributed by atoms with Gasteiger partial charge in [-0.05, 0) is 6.07 Å². The first kappa shape index (κ1) is 19.4. The van der Waals surface area contributed by atoms with E-state index in [-0.39, 0.29) is 24.0 Å². The van der Waals surface area contributed by atoms with E-state index in [1.165, 1.54) is 28.9 Å². The fraction of sp³-hybridized carbons (Fsp3) is 0.357. The number of carbonyl (C=O) groups is 1. The number of hydrogen-bond acceptors (Lipinski definition) is 5. The minimum absolute atomic E-state index is 0.0751. The summed E-state index contributed by atoms with van der Waals surface area (Å²) in [4.78, 5) is 21.5. The summed E-state index contributed by atoms with van der Waals surface area (Å²) in [6.07, 6.45) is 2.73. The summed E-state index contributed by atoms with van der Waals surface area (Å²) in [6.45, 7) is -0.827. The van der Waals surface area contributed by atoms with Gasteiger partial charge in [0.1, 0.15) is 22.5 Å². The Hall–Kier alpha value is -0.960. The molecule has 0 saturated carbocycles. The topological polar surface area (TPSA) is 46.1 Å². The summed E-state index contributed by atoms with van der Waals surface area (Å²) in [6, 6.07) is 1.27. The molecule has 0 fully saturated rings. The number of halogens is 4. The van der Waals surface area contributed by atoms with Gasteiger partial charge in [0.15, 0.2) is 5.15 Å². The molecule has 4 nitrogen and oxygen atoms in total. The number of thiazole rings is 1. The van der Waals surface area contributed by atoms with E-state index in [4.69, 9.17) is 23.2 Å². The highest BCUT2D eigenvalue weighted by Gasteiger charge is 2.22.